The van der Waals surface area contributed by atoms with Gasteiger partial charge >= 0.3 is 0 Å². The molecule has 0 amide bonds. The predicted molar refractivity (Wildman–Crippen MR) is 56.5 cm³/mol. The number of hydrogen-bond donors (Lipinski definition) is 1. The molecular weight excluding hydrogens is 202 g/mol. The van der Waals surface area contributed by atoms with Crippen LogP contribution in [0.15, 0.2) is 0 Å². The predicted octanol–water partition coefficient (Wildman–Crippen LogP) is 0.787. The summed E-state index contributed by atoms with van der Waals surface area (Å²) in [7, 11) is -3.28. The van der Waals surface area contributed by atoms with E-state index in [1.54, 1.807) is 13.8 Å². The SMILES string of the molecule is CC(C)CS(=O)(=O)NCC(=O)C(C)C. The van der Waals surface area contributed by atoms with Crippen molar-refractivity contribution in [3.05, 3.63) is 0 Å². The molecule has 0 aromatic heterocycles. The summed E-state index contributed by atoms with van der Waals surface area (Å²) in [5, 5.41) is 0. The van der Waals surface area contributed by atoms with Gasteiger partial charge in [-0.15, -0.1) is 0 Å². The van der Waals surface area contributed by atoms with Crippen LogP contribution in [0.4, 0.5) is 0 Å². The molecule has 0 bridgehead atoms. The second-order valence-corrected chi connectivity index (χ2v) is 5.97. The van der Waals surface area contributed by atoms with Crippen molar-refractivity contribution in [1.29, 1.82) is 0 Å². The fourth-order valence-electron chi connectivity index (χ4n) is 0.883. The molecule has 0 fully saturated rings. The molecule has 84 valence electrons. The summed E-state index contributed by atoms with van der Waals surface area (Å²) in [6.45, 7) is 7.05. The Hall–Kier alpha value is -0.420. The first-order valence-electron chi connectivity index (χ1n) is 4.74. The fourth-order valence-corrected chi connectivity index (χ4v) is 2.24. The van der Waals surface area contributed by atoms with E-state index in [0.717, 1.165) is 0 Å². The van der Waals surface area contributed by atoms with Gasteiger partial charge in [0.05, 0.1) is 12.3 Å². The Morgan fingerprint density at radius 3 is 2.07 bits per heavy atom. The van der Waals surface area contributed by atoms with Gasteiger partial charge in [0.1, 0.15) is 5.78 Å². The summed E-state index contributed by atoms with van der Waals surface area (Å²) in [6.07, 6.45) is 0. The van der Waals surface area contributed by atoms with E-state index in [-0.39, 0.29) is 29.9 Å². The third-order valence-corrected chi connectivity index (χ3v) is 3.35. The van der Waals surface area contributed by atoms with Crippen LogP contribution in [0.1, 0.15) is 27.7 Å². The van der Waals surface area contributed by atoms with E-state index >= 15 is 0 Å². The molecule has 0 aliphatic rings. The maximum Gasteiger partial charge on any atom is 0.212 e. The van der Waals surface area contributed by atoms with Crippen molar-refractivity contribution in [2.75, 3.05) is 12.3 Å². The minimum atomic E-state index is -3.28. The monoisotopic (exact) mass is 221 g/mol. The zero-order chi connectivity index (χ0) is 11.4. The van der Waals surface area contributed by atoms with Gasteiger partial charge in [-0.3, -0.25) is 4.79 Å². The highest BCUT2D eigenvalue weighted by atomic mass is 32.2. The average Bonchev–Trinajstić information content (AvgIpc) is 1.97. The van der Waals surface area contributed by atoms with E-state index in [1.807, 2.05) is 13.8 Å². The number of rotatable bonds is 6. The first-order valence-corrected chi connectivity index (χ1v) is 6.40. The van der Waals surface area contributed by atoms with Crippen molar-refractivity contribution in [2.24, 2.45) is 11.8 Å². The van der Waals surface area contributed by atoms with Gasteiger partial charge in [-0.2, -0.15) is 0 Å². The van der Waals surface area contributed by atoms with Crippen LogP contribution in [0.5, 0.6) is 0 Å². The van der Waals surface area contributed by atoms with Gasteiger partial charge in [-0.1, -0.05) is 27.7 Å². The molecule has 0 radical (unpaired) electrons. The lowest BCUT2D eigenvalue weighted by molar-refractivity contribution is -0.120. The van der Waals surface area contributed by atoms with Gasteiger partial charge < -0.3 is 0 Å². The molecule has 0 atom stereocenters. The first kappa shape index (κ1) is 13.6. The molecule has 0 aliphatic heterocycles. The van der Waals surface area contributed by atoms with Crippen LogP contribution in [0.25, 0.3) is 0 Å². The number of Topliss-reactive ketones (excluding diaryl/α,β-unsaturated/α-hetero) is 1. The van der Waals surface area contributed by atoms with E-state index in [2.05, 4.69) is 4.72 Å². The number of sulfonamides is 1. The molecular formula is C9H19NO3S. The molecule has 1 N–H and O–H groups in total. The lowest BCUT2D eigenvalue weighted by atomic mass is 10.1. The number of ketones is 1. The summed E-state index contributed by atoms with van der Waals surface area (Å²) in [4.78, 5) is 11.1. The average molecular weight is 221 g/mol. The molecule has 0 aromatic carbocycles. The van der Waals surface area contributed by atoms with Crippen LogP contribution in [0.3, 0.4) is 0 Å². The topological polar surface area (TPSA) is 63.2 Å². The van der Waals surface area contributed by atoms with Crippen molar-refractivity contribution in [3.63, 3.8) is 0 Å². The maximum atomic E-state index is 11.3. The second kappa shape index (κ2) is 5.46. The van der Waals surface area contributed by atoms with E-state index in [0.29, 0.717) is 0 Å². The summed E-state index contributed by atoms with van der Waals surface area (Å²) in [5.41, 5.74) is 0. The minimum absolute atomic E-state index is 0.0678. The van der Waals surface area contributed by atoms with Gasteiger partial charge in [0, 0.05) is 5.92 Å². The van der Waals surface area contributed by atoms with Crippen LogP contribution >= 0.6 is 0 Å². The molecule has 0 heterocycles. The Morgan fingerprint density at radius 1 is 1.21 bits per heavy atom. The maximum absolute atomic E-state index is 11.3. The molecule has 0 unspecified atom stereocenters. The first-order chi connectivity index (χ1) is 6.24. The fraction of sp³-hybridized carbons (Fsp3) is 0.889. The second-order valence-electron chi connectivity index (χ2n) is 4.12. The third-order valence-electron chi connectivity index (χ3n) is 1.66. The van der Waals surface area contributed by atoms with Crippen LogP contribution < -0.4 is 4.72 Å². The van der Waals surface area contributed by atoms with Crippen molar-refractivity contribution >= 4 is 15.8 Å². The Kier molecular flexibility index (Phi) is 5.29. The molecule has 0 aliphatic carbocycles. The van der Waals surface area contributed by atoms with Crippen molar-refractivity contribution in [3.8, 4) is 0 Å². The van der Waals surface area contributed by atoms with Gasteiger partial charge in [-0.05, 0) is 5.92 Å². The molecule has 0 saturated carbocycles. The van der Waals surface area contributed by atoms with Gasteiger partial charge in [-0.25, -0.2) is 13.1 Å². The summed E-state index contributed by atoms with van der Waals surface area (Å²) >= 11 is 0. The quantitative estimate of drug-likeness (QED) is 0.721. The Labute approximate surface area is 86.1 Å². The molecule has 14 heavy (non-hydrogen) atoms. The Balaban J connectivity index is 4.07. The Bertz CT molecular complexity index is 280. The normalized spacial score (nSPS) is 12.4. The zero-order valence-corrected chi connectivity index (χ0v) is 10.0. The van der Waals surface area contributed by atoms with Crippen LogP contribution in [-0.2, 0) is 14.8 Å². The van der Waals surface area contributed by atoms with E-state index in [4.69, 9.17) is 0 Å². The third kappa shape index (κ3) is 6.10. The summed E-state index contributed by atoms with van der Waals surface area (Å²) < 4.78 is 24.9. The lowest BCUT2D eigenvalue weighted by Crippen LogP contribution is -2.34. The summed E-state index contributed by atoms with van der Waals surface area (Å²) in [5.74, 6) is -0.0750. The number of carbonyl (C=O) groups excluding carboxylic acids is 1. The number of hydrogen-bond acceptors (Lipinski definition) is 3. The van der Waals surface area contributed by atoms with E-state index < -0.39 is 10.0 Å². The lowest BCUT2D eigenvalue weighted by Gasteiger charge is -2.09. The Morgan fingerprint density at radius 2 is 1.71 bits per heavy atom. The smallest absolute Gasteiger partial charge is 0.212 e. The molecule has 4 nitrogen and oxygen atoms in total. The largest absolute Gasteiger partial charge is 0.298 e. The van der Waals surface area contributed by atoms with Gasteiger partial charge in [0.25, 0.3) is 0 Å². The van der Waals surface area contributed by atoms with E-state index in [1.165, 1.54) is 0 Å². The summed E-state index contributed by atoms with van der Waals surface area (Å²) in [6, 6.07) is 0. The minimum Gasteiger partial charge on any atom is -0.298 e. The van der Waals surface area contributed by atoms with Crippen LogP contribution in [-0.4, -0.2) is 26.5 Å². The van der Waals surface area contributed by atoms with Crippen LogP contribution in [0.2, 0.25) is 0 Å². The van der Waals surface area contributed by atoms with Gasteiger partial charge in [0.2, 0.25) is 10.0 Å². The van der Waals surface area contributed by atoms with Crippen molar-refractivity contribution in [2.45, 2.75) is 27.7 Å². The van der Waals surface area contributed by atoms with Crippen LogP contribution in [0, 0.1) is 11.8 Å². The number of nitrogens with one attached hydrogen (secondary N) is 1. The molecule has 0 rings (SSSR count). The number of carbonyl (C=O) groups is 1. The van der Waals surface area contributed by atoms with Crippen molar-refractivity contribution < 1.29 is 13.2 Å². The molecule has 0 spiro atoms. The molecule has 5 heteroatoms. The highest BCUT2D eigenvalue weighted by Crippen LogP contribution is 1.98. The molecule has 0 saturated heterocycles. The highest BCUT2D eigenvalue weighted by molar-refractivity contribution is 7.89. The molecule has 0 aromatic rings. The van der Waals surface area contributed by atoms with E-state index in [9.17, 15) is 13.2 Å². The zero-order valence-electron chi connectivity index (χ0n) is 9.20. The van der Waals surface area contributed by atoms with Gasteiger partial charge in [0.15, 0.2) is 0 Å². The highest BCUT2D eigenvalue weighted by Gasteiger charge is 2.15. The standard InChI is InChI=1S/C9H19NO3S/c1-7(2)6-14(12,13)10-5-9(11)8(3)4/h7-8,10H,5-6H2,1-4H3. The van der Waals surface area contributed by atoms with Crippen molar-refractivity contribution in [1.82, 2.24) is 4.72 Å².